The van der Waals surface area contributed by atoms with Crippen LogP contribution in [-0.4, -0.2) is 16.7 Å². The summed E-state index contributed by atoms with van der Waals surface area (Å²) in [6.45, 7) is 0. The third kappa shape index (κ3) is 3.97. The topological polar surface area (TPSA) is 61.7 Å². The first kappa shape index (κ1) is 17.4. The van der Waals surface area contributed by atoms with Crippen molar-refractivity contribution in [3.05, 3.63) is 71.8 Å². The Morgan fingerprint density at radius 3 is 1.80 bits per heavy atom. The Morgan fingerprint density at radius 2 is 1.32 bits per heavy atom. The number of carbonyl (C=O) groups excluding carboxylic acids is 1. The summed E-state index contributed by atoms with van der Waals surface area (Å²) in [4.78, 5) is 12.9. The van der Waals surface area contributed by atoms with Crippen LogP contribution in [0, 0.1) is 0 Å². The molecule has 0 spiro atoms. The molecule has 4 nitrogen and oxygen atoms in total. The number of benzene rings is 2. The van der Waals surface area contributed by atoms with Gasteiger partial charge >= 0.3 is 0 Å². The molecular formula is C21H24N2O2. The molecule has 0 heterocycles. The summed E-state index contributed by atoms with van der Waals surface area (Å²) >= 11 is 0. The fourth-order valence-corrected chi connectivity index (χ4v) is 3.25. The zero-order chi connectivity index (χ0) is 17.5. The van der Waals surface area contributed by atoms with Gasteiger partial charge in [0, 0.05) is 5.71 Å². The zero-order valence-electron chi connectivity index (χ0n) is 14.3. The van der Waals surface area contributed by atoms with E-state index in [0.29, 0.717) is 11.1 Å². The molecule has 2 aromatic carbocycles. The van der Waals surface area contributed by atoms with Gasteiger partial charge in [0.25, 0.3) is 5.91 Å². The Bertz CT molecular complexity index is 677. The predicted octanol–water partition coefficient (Wildman–Crippen LogP) is 3.75. The highest BCUT2D eigenvalue weighted by atomic mass is 16.3. The van der Waals surface area contributed by atoms with E-state index in [1.54, 1.807) is 24.3 Å². The molecule has 1 saturated carbocycles. The van der Waals surface area contributed by atoms with E-state index in [0.717, 1.165) is 31.4 Å². The van der Waals surface area contributed by atoms with Gasteiger partial charge in [-0.15, -0.1) is 0 Å². The van der Waals surface area contributed by atoms with Crippen LogP contribution in [0.4, 0.5) is 0 Å². The fourth-order valence-electron chi connectivity index (χ4n) is 3.25. The lowest BCUT2D eigenvalue weighted by atomic mass is 9.85. The third-order valence-electron chi connectivity index (χ3n) is 4.71. The van der Waals surface area contributed by atoms with Crippen molar-refractivity contribution in [3.8, 4) is 0 Å². The average Bonchev–Trinajstić information content (AvgIpc) is 2.95. The lowest BCUT2D eigenvalue weighted by molar-refractivity contribution is -0.136. The van der Waals surface area contributed by atoms with Crippen molar-refractivity contribution >= 4 is 11.6 Å². The van der Waals surface area contributed by atoms with E-state index in [1.807, 2.05) is 36.4 Å². The van der Waals surface area contributed by atoms with Gasteiger partial charge in [-0.25, -0.2) is 5.43 Å². The number of aliphatic hydroxyl groups is 1. The number of carbonyl (C=O) groups is 1. The second-order valence-electron chi connectivity index (χ2n) is 6.48. The second kappa shape index (κ2) is 8.08. The van der Waals surface area contributed by atoms with Crippen LogP contribution < -0.4 is 5.43 Å². The van der Waals surface area contributed by atoms with Gasteiger partial charge in [0.15, 0.2) is 5.60 Å². The first-order valence-corrected chi connectivity index (χ1v) is 8.90. The van der Waals surface area contributed by atoms with Crippen LogP contribution in [0.5, 0.6) is 0 Å². The highest BCUT2D eigenvalue weighted by molar-refractivity contribution is 5.92. The van der Waals surface area contributed by atoms with Crippen LogP contribution >= 0.6 is 0 Å². The van der Waals surface area contributed by atoms with E-state index in [4.69, 9.17) is 0 Å². The molecular weight excluding hydrogens is 312 g/mol. The minimum Gasteiger partial charge on any atom is -0.372 e. The van der Waals surface area contributed by atoms with Crippen molar-refractivity contribution in [1.29, 1.82) is 0 Å². The summed E-state index contributed by atoms with van der Waals surface area (Å²) in [7, 11) is 0. The van der Waals surface area contributed by atoms with Crippen molar-refractivity contribution in [2.24, 2.45) is 5.10 Å². The first-order chi connectivity index (χ1) is 12.2. The Kier molecular flexibility index (Phi) is 5.61. The number of rotatable bonds is 4. The average molecular weight is 336 g/mol. The molecule has 0 atom stereocenters. The van der Waals surface area contributed by atoms with Gasteiger partial charge in [-0.05, 0) is 36.8 Å². The smallest absolute Gasteiger partial charge is 0.281 e. The zero-order valence-corrected chi connectivity index (χ0v) is 14.3. The number of nitrogens with zero attached hydrogens (tertiary/aromatic N) is 1. The fraction of sp³-hybridized carbons (Fsp3) is 0.333. The van der Waals surface area contributed by atoms with E-state index in [-0.39, 0.29) is 0 Å². The molecule has 25 heavy (non-hydrogen) atoms. The van der Waals surface area contributed by atoms with Crippen molar-refractivity contribution in [2.45, 2.75) is 44.1 Å². The predicted molar refractivity (Wildman–Crippen MR) is 99.2 cm³/mol. The van der Waals surface area contributed by atoms with Gasteiger partial charge in [-0.1, -0.05) is 73.5 Å². The molecule has 1 fully saturated rings. The number of hydrazone groups is 1. The molecule has 0 saturated heterocycles. The molecule has 0 bridgehead atoms. The van der Waals surface area contributed by atoms with Gasteiger partial charge in [-0.2, -0.15) is 5.10 Å². The highest BCUT2D eigenvalue weighted by Crippen LogP contribution is 2.30. The van der Waals surface area contributed by atoms with Gasteiger partial charge < -0.3 is 5.11 Å². The minimum absolute atomic E-state index is 0.526. The first-order valence-electron chi connectivity index (χ1n) is 8.90. The quantitative estimate of drug-likeness (QED) is 0.660. The van der Waals surface area contributed by atoms with Crippen molar-refractivity contribution in [1.82, 2.24) is 5.43 Å². The summed E-state index contributed by atoms with van der Waals surface area (Å²) in [6.07, 6.45) is 6.47. The maximum atomic E-state index is 12.9. The van der Waals surface area contributed by atoms with E-state index in [2.05, 4.69) is 10.5 Å². The Labute approximate surface area is 148 Å². The van der Waals surface area contributed by atoms with Crippen LogP contribution in [-0.2, 0) is 10.4 Å². The molecule has 0 radical (unpaired) electrons. The van der Waals surface area contributed by atoms with Crippen LogP contribution in [0.3, 0.4) is 0 Å². The minimum atomic E-state index is -1.77. The van der Waals surface area contributed by atoms with E-state index in [1.165, 1.54) is 12.8 Å². The van der Waals surface area contributed by atoms with Crippen LogP contribution in [0.1, 0.15) is 49.7 Å². The molecule has 0 aliphatic heterocycles. The highest BCUT2D eigenvalue weighted by Gasteiger charge is 2.39. The van der Waals surface area contributed by atoms with Crippen molar-refractivity contribution < 1.29 is 9.90 Å². The molecule has 1 aliphatic rings. The summed E-state index contributed by atoms with van der Waals surface area (Å²) < 4.78 is 0. The third-order valence-corrected chi connectivity index (χ3v) is 4.71. The summed E-state index contributed by atoms with van der Waals surface area (Å²) in [5, 5.41) is 15.6. The van der Waals surface area contributed by atoms with Gasteiger partial charge in [0.1, 0.15) is 0 Å². The Morgan fingerprint density at radius 1 is 0.840 bits per heavy atom. The van der Waals surface area contributed by atoms with E-state index >= 15 is 0 Å². The van der Waals surface area contributed by atoms with Crippen LogP contribution in [0.2, 0.25) is 0 Å². The normalized spacial score (nSPS) is 15.3. The second-order valence-corrected chi connectivity index (χ2v) is 6.48. The molecule has 2 aromatic rings. The molecule has 1 aliphatic carbocycles. The molecule has 1 amide bonds. The standard InChI is InChI=1S/C21H24N2O2/c24-20(23-22-19-15-9-1-2-10-16-19)21(25,17-11-5-3-6-12-17)18-13-7-4-8-14-18/h3-8,11-14,25H,1-2,9-10,15-16H2,(H,23,24). The summed E-state index contributed by atoms with van der Waals surface area (Å²) in [5.41, 5.74) is 2.91. The van der Waals surface area contributed by atoms with Crippen molar-refractivity contribution in [2.75, 3.05) is 0 Å². The molecule has 4 heteroatoms. The summed E-state index contributed by atoms with van der Waals surface area (Å²) in [5.74, 6) is -0.526. The number of nitrogens with one attached hydrogen (secondary N) is 1. The van der Waals surface area contributed by atoms with Crippen LogP contribution in [0.25, 0.3) is 0 Å². The lowest BCUT2D eigenvalue weighted by Gasteiger charge is -2.27. The number of amides is 1. The van der Waals surface area contributed by atoms with Gasteiger partial charge in [0.05, 0.1) is 0 Å². The van der Waals surface area contributed by atoms with Crippen LogP contribution in [0.15, 0.2) is 65.8 Å². The Hall–Kier alpha value is -2.46. The molecule has 0 aromatic heterocycles. The van der Waals surface area contributed by atoms with Gasteiger partial charge in [0.2, 0.25) is 0 Å². The maximum Gasteiger partial charge on any atom is 0.281 e. The monoisotopic (exact) mass is 336 g/mol. The largest absolute Gasteiger partial charge is 0.372 e. The molecule has 0 unspecified atom stereocenters. The molecule has 3 rings (SSSR count). The van der Waals surface area contributed by atoms with E-state index < -0.39 is 11.5 Å². The van der Waals surface area contributed by atoms with Crippen molar-refractivity contribution in [3.63, 3.8) is 0 Å². The maximum absolute atomic E-state index is 12.9. The van der Waals surface area contributed by atoms with Gasteiger partial charge in [-0.3, -0.25) is 4.79 Å². The summed E-state index contributed by atoms with van der Waals surface area (Å²) in [6, 6.07) is 18.0. The van der Waals surface area contributed by atoms with E-state index in [9.17, 15) is 9.90 Å². The number of hydrogen-bond acceptors (Lipinski definition) is 3. The Balaban J connectivity index is 1.89. The number of hydrogen-bond donors (Lipinski definition) is 2. The lowest BCUT2D eigenvalue weighted by Crippen LogP contribution is -2.43. The SMILES string of the molecule is O=C(NN=C1CCCCCC1)C(O)(c1ccccc1)c1ccccc1. The molecule has 130 valence electrons. The molecule has 2 N–H and O–H groups in total.